The molecule has 0 bridgehead atoms. The molecule has 2 aromatic carbocycles. The van der Waals surface area contributed by atoms with Crippen LogP contribution in [0.2, 0.25) is 0 Å². The number of aromatic nitrogens is 2. The molecular weight excluding hydrogens is 442 g/mol. The van der Waals surface area contributed by atoms with Crippen molar-refractivity contribution >= 4 is 22.7 Å². The predicted molar refractivity (Wildman–Crippen MR) is 137 cm³/mol. The fourth-order valence-electron chi connectivity index (χ4n) is 4.53. The molecule has 4 rings (SSSR count). The Kier molecular flexibility index (Phi) is 8.15. The summed E-state index contributed by atoms with van der Waals surface area (Å²) < 4.78 is 7.44. The molecule has 0 aliphatic carbocycles. The molecule has 1 saturated heterocycles. The molecule has 1 aliphatic rings. The van der Waals surface area contributed by atoms with Crippen molar-refractivity contribution in [3.05, 3.63) is 59.9 Å². The Labute approximate surface area is 206 Å². The van der Waals surface area contributed by atoms with Crippen molar-refractivity contribution in [1.29, 1.82) is 0 Å². The largest absolute Gasteiger partial charge is 0.497 e. The number of ether oxygens (including phenoxy) is 1. The Morgan fingerprint density at radius 2 is 1.77 bits per heavy atom. The minimum absolute atomic E-state index is 0.0796. The van der Waals surface area contributed by atoms with Crippen LogP contribution in [0.5, 0.6) is 5.75 Å². The monoisotopic (exact) mass is 477 g/mol. The molecule has 0 saturated carbocycles. The smallest absolute Gasteiger partial charge is 0.234 e. The third-order valence-electron chi connectivity index (χ3n) is 6.33. The first-order valence-electron chi connectivity index (χ1n) is 12.3. The number of amides is 1. The number of para-hydroxylation sites is 2. The predicted octanol–water partition coefficient (Wildman–Crippen LogP) is 2.96. The highest BCUT2D eigenvalue weighted by molar-refractivity contribution is 5.96. The molecule has 0 atom stereocenters. The van der Waals surface area contributed by atoms with E-state index < -0.39 is 0 Å². The van der Waals surface area contributed by atoms with Gasteiger partial charge < -0.3 is 14.6 Å². The first kappa shape index (κ1) is 24.9. The van der Waals surface area contributed by atoms with Gasteiger partial charge in [-0.3, -0.25) is 19.4 Å². The first-order valence-corrected chi connectivity index (χ1v) is 12.3. The van der Waals surface area contributed by atoms with Crippen LogP contribution in [-0.2, 0) is 17.9 Å². The number of imidazole rings is 1. The number of aryl methyl sites for hydroxylation is 1. The van der Waals surface area contributed by atoms with Gasteiger partial charge in [0.05, 0.1) is 31.2 Å². The Hall–Kier alpha value is -3.23. The molecular formula is C27H35N5O3. The molecule has 1 amide bonds. The quantitative estimate of drug-likeness (QED) is 0.453. The van der Waals surface area contributed by atoms with E-state index in [1.165, 1.54) is 0 Å². The van der Waals surface area contributed by atoms with Crippen LogP contribution in [0.3, 0.4) is 0 Å². The number of carbonyl (C=O) groups is 2. The summed E-state index contributed by atoms with van der Waals surface area (Å²) in [6, 6.07) is 15.5. The van der Waals surface area contributed by atoms with E-state index in [4.69, 9.17) is 9.72 Å². The number of benzene rings is 2. The van der Waals surface area contributed by atoms with E-state index in [0.717, 1.165) is 43.0 Å². The highest BCUT2D eigenvalue weighted by Gasteiger charge is 2.22. The molecule has 1 aliphatic heterocycles. The molecule has 0 spiro atoms. The van der Waals surface area contributed by atoms with Crippen LogP contribution in [0.25, 0.3) is 11.0 Å². The van der Waals surface area contributed by atoms with E-state index in [1.54, 1.807) is 13.2 Å². The Balaban J connectivity index is 1.41. The zero-order chi connectivity index (χ0) is 24.8. The van der Waals surface area contributed by atoms with Gasteiger partial charge in [-0.1, -0.05) is 24.3 Å². The second kappa shape index (κ2) is 11.5. The summed E-state index contributed by atoms with van der Waals surface area (Å²) in [5, 5.41) is 2.96. The number of rotatable bonds is 10. The zero-order valence-electron chi connectivity index (χ0n) is 20.9. The lowest BCUT2D eigenvalue weighted by Gasteiger charge is -2.34. The fourth-order valence-corrected chi connectivity index (χ4v) is 4.53. The van der Waals surface area contributed by atoms with E-state index in [2.05, 4.69) is 25.8 Å². The van der Waals surface area contributed by atoms with Crippen molar-refractivity contribution in [2.45, 2.75) is 39.4 Å². The van der Waals surface area contributed by atoms with Crippen molar-refractivity contribution in [3.63, 3.8) is 0 Å². The number of nitrogens with one attached hydrogen (secondary N) is 1. The van der Waals surface area contributed by atoms with Crippen LogP contribution in [0.1, 0.15) is 36.5 Å². The molecule has 2 heterocycles. The van der Waals surface area contributed by atoms with Gasteiger partial charge in [-0.2, -0.15) is 0 Å². The van der Waals surface area contributed by atoms with Crippen LogP contribution < -0.4 is 10.1 Å². The highest BCUT2D eigenvalue weighted by atomic mass is 16.5. The van der Waals surface area contributed by atoms with E-state index >= 15 is 0 Å². The number of piperazine rings is 1. The van der Waals surface area contributed by atoms with E-state index in [9.17, 15) is 9.59 Å². The van der Waals surface area contributed by atoms with Gasteiger partial charge in [0.15, 0.2) is 5.78 Å². The molecule has 1 aromatic heterocycles. The lowest BCUT2D eigenvalue weighted by Crippen LogP contribution is -2.49. The molecule has 8 heteroatoms. The minimum Gasteiger partial charge on any atom is -0.497 e. The second-order valence-electron chi connectivity index (χ2n) is 9.35. The summed E-state index contributed by atoms with van der Waals surface area (Å²) >= 11 is 0. The van der Waals surface area contributed by atoms with Gasteiger partial charge in [0, 0.05) is 50.7 Å². The van der Waals surface area contributed by atoms with Gasteiger partial charge in [0.2, 0.25) is 5.91 Å². The van der Waals surface area contributed by atoms with Gasteiger partial charge >= 0.3 is 0 Å². The Bertz CT molecular complexity index is 1160. The number of methoxy groups -OCH3 is 1. The van der Waals surface area contributed by atoms with Crippen LogP contribution >= 0.6 is 0 Å². The normalized spacial score (nSPS) is 15.0. The highest BCUT2D eigenvalue weighted by Crippen LogP contribution is 2.20. The zero-order valence-corrected chi connectivity index (χ0v) is 20.9. The van der Waals surface area contributed by atoms with Gasteiger partial charge in [-0.25, -0.2) is 4.98 Å². The first-order chi connectivity index (χ1) is 16.9. The molecule has 0 unspecified atom stereocenters. The summed E-state index contributed by atoms with van der Waals surface area (Å²) in [5.41, 5.74) is 2.65. The number of hydrogen-bond donors (Lipinski definition) is 1. The third kappa shape index (κ3) is 6.46. The summed E-state index contributed by atoms with van der Waals surface area (Å²) in [4.78, 5) is 34.5. The lowest BCUT2D eigenvalue weighted by atomic mass is 10.1. The molecule has 1 N–H and O–H groups in total. The maximum atomic E-state index is 12.9. The summed E-state index contributed by atoms with van der Waals surface area (Å²) in [6.45, 7) is 9.13. The number of hydrogen-bond acceptors (Lipinski definition) is 6. The maximum Gasteiger partial charge on any atom is 0.234 e. The summed E-state index contributed by atoms with van der Waals surface area (Å²) in [7, 11) is 1.60. The van der Waals surface area contributed by atoms with Crippen molar-refractivity contribution in [2.24, 2.45) is 0 Å². The lowest BCUT2D eigenvalue weighted by molar-refractivity contribution is -0.123. The number of ketones is 1. The van der Waals surface area contributed by atoms with Gasteiger partial charge in [-0.15, -0.1) is 0 Å². The second-order valence-corrected chi connectivity index (χ2v) is 9.35. The maximum absolute atomic E-state index is 12.9. The average molecular weight is 478 g/mol. The van der Waals surface area contributed by atoms with Crippen LogP contribution in [0, 0.1) is 0 Å². The molecule has 35 heavy (non-hydrogen) atoms. The summed E-state index contributed by atoms with van der Waals surface area (Å²) in [6.07, 6.45) is 0.388. The minimum atomic E-state index is 0.0796. The standard InChI is InChI=1S/C27H35N5O3/c1-20(2)28-27(34)19-31-15-13-30(14-16-31)18-26-29-23-9-4-5-10-24(23)32(26)12-11-25(33)21-7-6-8-22(17-21)35-3/h4-10,17,20H,11-16,18-19H2,1-3H3,(H,28,34). The van der Waals surface area contributed by atoms with E-state index in [-0.39, 0.29) is 17.7 Å². The molecule has 3 aromatic rings. The Morgan fingerprint density at radius 3 is 2.51 bits per heavy atom. The van der Waals surface area contributed by atoms with Crippen molar-refractivity contribution in [1.82, 2.24) is 24.7 Å². The topological polar surface area (TPSA) is 79.7 Å². The van der Waals surface area contributed by atoms with E-state index in [0.29, 0.717) is 37.4 Å². The number of nitrogens with zero attached hydrogens (tertiary/aromatic N) is 4. The number of fused-ring (bicyclic) bond motifs is 1. The van der Waals surface area contributed by atoms with Crippen molar-refractivity contribution < 1.29 is 14.3 Å². The molecule has 1 fully saturated rings. The fraction of sp³-hybridized carbons (Fsp3) is 0.444. The summed E-state index contributed by atoms with van der Waals surface area (Å²) in [5.74, 6) is 1.82. The van der Waals surface area contributed by atoms with Crippen LogP contribution in [0.15, 0.2) is 48.5 Å². The molecule has 186 valence electrons. The van der Waals surface area contributed by atoms with Crippen molar-refractivity contribution in [2.75, 3.05) is 39.8 Å². The molecule has 8 nitrogen and oxygen atoms in total. The van der Waals surface area contributed by atoms with Gasteiger partial charge in [-0.05, 0) is 38.1 Å². The number of Topliss-reactive ketones (excluding diaryl/α,β-unsaturated/α-hetero) is 1. The third-order valence-corrected chi connectivity index (χ3v) is 6.33. The van der Waals surface area contributed by atoms with Gasteiger partial charge in [0.1, 0.15) is 11.6 Å². The molecule has 0 radical (unpaired) electrons. The Morgan fingerprint density at radius 1 is 1.03 bits per heavy atom. The van der Waals surface area contributed by atoms with Gasteiger partial charge in [0.25, 0.3) is 0 Å². The van der Waals surface area contributed by atoms with Crippen LogP contribution in [0.4, 0.5) is 0 Å². The van der Waals surface area contributed by atoms with Crippen LogP contribution in [-0.4, -0.2) is 76.9 Å². The SMILES string of the molecule is COc1cccc(C(=O)CCn2c(CN3CCN(CC(=O)NC(C)C)CC3)nc3ccccc32)c1. The number of carbonyl (C=O) groups excluding carboxylic acids is 2. The van der Waals surface area contributed by atoms with E-state index in [1.807, 2.05) is 50.2 Å². The average Bonchev–Trinajstić information content (AvgIpc) is 3.20. The van der Waals surface area contributed by atoms with Crippen molar-refractivity contribution in [3.8, 4) is 5.75 Å².